The summed E-state index contributed by atoms with van der Waals surface area (Å²) < 4.78 is 1.71. The predicted molar refractivity (Wildman–Crippen MR) is 75.0 cm³/mol. The molecule has 1 heterocycles. The summed E-state index contributed by atoms with van der Waals surface area (Å²) in [6.45, 7) is 8.14. The van der Waals surface area contributed by atoms with Crippen LogP contribution in [0.15, 0.2) is 35.1 Å². The average molecular weight is 244 g/mol. The normalized spacial score (nSPS) is 11.4. The van der Waals surface area contributed by atoms with Crippen LogP contribution in [0.25, 0.3) is 11.3 Å². The number of aromatic nitrogens is 2. The lowest BCUT2D eigenvalue weighted by atomic mass is 9.99. The summed E-state index contributed by atoms with van der Waals surface area (Å²) in [7, 11) is 0. The van der Waals surface area contributed by atoms with Gasteiger partial charge in [0.15, 0.2) is 0 Å². The van der Waals surface area contributed by atoms with Crippen LogP contribution in [0.3, 0.4) is 0 Å². The molecule has 0 spiro atoms. The monoisotopic (exact) mass is 244 g/mol. The van der Waals surface area contributed by atoms with Crippen molar-refractivity contribution in [3.63, 3.8) is 0 Å². The average Bonchev–Trinajstić information content (AvgIpc) is 2.68. The highest BCUT2D eigenvalue weighted by atomic mass is 16.1. The van der Waals surface area contributed by atoms with Crippen molar-refractivity contribution in [2.45, 2.75) is 39.7 Å². The molecule has 3 nitrogen and oxygen atoms in total. The number of nitrogens with one attached hydrogen (secondary N) is 1. The zero-order valence-electron chi connectivity index (χ0n) is 11.4. The van der Waals surface area contributed by atoms with Crippen LogP contribution >= 0.6 is 0 Å². The topological polar surface area (TPSA) is 37.8 Å². The SMILES string of the molecule is CC(C)c1c(-c2ccccc2)[nH]n(C(C)C)c1=O. The molecule has 18 heavy (non-hydrogen) atoms. The van der Waals surface area contributed by atoms with Gasteiger partial charge in [0.2, 0.25) is 0 Å². The van der Waals surface area contributed by atoms with Gasteiger partial charge >= 0.3 is 0 Å². The van der Waals surface area contributed by atoms with E-state index in [0.717, 1.165) is 16.8 Å². The van der Waals surface area contributed by atoms with E-state index in [1.807, 2.05) is 44.2 Å². The van der Waals surface area contributed by atoms with Gasteiger partial charge in [-0.2, -0.15) is 0 Å². The first-order valence-electron chi connectivity index (χ1n) is 6.42. The van der Waals surface area contributed by atoms with Crippen molar-refractivity contribution in [1.29, 1.82) is 0 Å². The van der Waals surface area contributed by atoms with Crippen molar-refractivity contribution in [1.82, 2.24) is 9.78 Å². The Morgan fingerprint density at radius 1 is 1.06 bits per heavy atom. The van der Waals surface area contributed by atoms with Crippen molar-refractivity contribution in [3.05, 3.63) is 46.2 Å². The number of hydrogen-bond acceptors (Lipinski definition) is 1. The summed E-state index contributed by atoms with van der Waals surface area (Å²) in [4.78, 5) is 12.4. The quantitative estimate of drug-likeness (QED) is 0.881. The van der Waals surface area contributed by atoms with Crippen molar-refractivity contribution < 1.29 is 0 Å². The summed E-state index contributed by atoms with van der Waals surface area (Å²) in [5, 5.41) is 3.25. The van der Waals surface area contributed by atoms with Gasteiger partial charge in [0.25, 0.3) is 5.56 Å². The van der Waals surface area contributed by atoms with Crippen LogP contribution in [-0.2, 0) is 0 Å². The summed E-state index contributed by atoms with van der Waals surface area (Å²) in [5.74, 6) is 0.212. The molecule has 2 aromatic rings. The van der Waals surface area contributed by atoms with Crippen molar-refractivity contribution in [2.75, 3.05) is 0 Å². The summed E-state index contributed by atoms with van der Waals surface area (Å²) in [6, 6.07) is 10.2. The Bertz CT molecular complexity index is 576. The summed E-state index contributed by atoms with van der Waals surface area (Å²) in [5.41, 5.74) is 2.98. The number of aromatic amines is 1. The van der Waals surface area contributed by atoms with E-state index in [1.165, 1.54) is 0 Å². The zero-order chi connectivity index (χ0) is 13.3. The van der Waals surface area contributed by atoms with Crippen molar-refractivity contribution in [3.8, 4) is 11.3 Å². The number of benzene rings is 1. The van der Waals surface area contributed by atoms with E-state index < -0.39 is 0 Å². The lowest BCUT2D eigenvalue weighted by molar-refractivity contribution is 0.516. The molecule has 0 saturated carbocycles. The first-order valence-corrected chi connectivity index (χ1v) is 6.42. The van der Waals surface area contributed by atoms with Gasteiger partial charge < -0.3 is 0 Å². The third kappa shape index (κ3) is 2.13. The molecule has 0 aliphatic rings. The fraction of sp³-hybridized carbons (Fsp3) is 0.400. The molecule has 1 aromatic heterocycles. The molecule has 0 saturated heterocycles. The Labute approximate surface area is 107 Å². The van der Waals surface area contributed by atoms with E-state index in [9.17, 15) is 4.79 Å². The highest BCUT2D eigenvalue weighted by Crippen LogP contribution is 2.25. The van der Waals surface area contributed by atoms with Gasteiger partial charge in [0, 0.05) is 11.6 Å². The van der Waals surface area contributed by atoms with E-state index in [-0.39, 0.29) is 17.5 Å². The smallest absolute Gasteiger partial charge is 0.270 e. The highest BCUT2D eigenvalue weighted by Gasteiger charge is 2.19. The maximum absolute atomic E-state index is 12.4. The van der Waals surface area contributed by atoms with Crippen LogP contribution in [-0.4, -0.2) is 9.78 Å². The first kappa shape index (κ1) is 12.7. The van der Waals surface area contributed by atoms with Crippen molar-refractivity contribution >= 4 is 0 Å². The third-order valence-corrected chi connectivity index (χ3v) is 3.11. The minimum absolute atomic E-state index is 0.0962. The number of H-pyrrole nitrogens is 1. The van der Waals surface area contributed by atoms with Gasteiger partial charge in [-0.25, -0.2) is 4.68 Å². The number of nitrogens with zero attached hydrogens (tertiary/aromatic N) is 1. The predicted octanol–water partition coefficient (Wildman–Crippen LogP) is 3.55. The van der Waals surface area contributed by atoms with Gasteiger partial charge in [-0.05, 0) is 25.3 Å². The first-order chi connectivity index (χ1) is 8.52. The fourth-order valence-corrected chi connectivity index (χ4v) is 2.19. The molecular formula is C15H20N2O. The Morgan fingerprint density at radius 2 is 1.67 bits per heavy atom. The molecule has 0 amide bonds. The Hall–Kier alpha value is -1.77. The Balaban J connectivity index is 2.68. The van der Waals surface area contributed by atoms with Gasteiger partial charge in [0.1, 0.15) is 0 Å². The lowest BCUT2D eigenvalue weighted by Gasteiger charge is -2.05. The van der Waals surface area contributed by atoms with E-state index in [2.05, 4.69) is 18.9 Å². The molecule has 2 rings (SSSR count). The molecule has 3 heteroatoms. The standard InChI is InChI=1S/C15H20N2O/c1-10(2)13-14(12-8-6-5-7-9-12)16-17(11(3)4)15(13)18/h5-11,16H,1-4H3. The van der Waals surface area contributed by atoms with Crippen LogP contribution in [0.4, 0.5) is 0 Å². The molecule has 0 aliphatic carbocycles. The van der Waals surface area contributed by atoms with E-state index in [0.29, 0.717) is 0 Å². The molecule has 0 aliphatic heterocycles. The van der Waals surface area contributed by atoms with E-state index in [4.69, 9.17) is 0 Å². The molecule has 0 unspecified atom stereocenters. The van der Waals surface area contributed by atoms with Gasteiger partial charge in [-0.1, -0.05) is 44.2 Å². The molecular weight excluding hydrogens is 224 g/mol. The van der Waals surface area contributed by atoms with Crippen LogP contribution < -0.4 is 5.56 Å². The molecule has 1 aromatic carbocycles. The van der Waals surface area contributed by atoms with Crippen LogP contribution in [0.2, 0.25) is 0 Å². The van der Waals surface area contributed by atoms with Gasteiger partial charge in [-0.15, -0.1) is 0 Å². The van der Waals surface area contributed by atoms with Crippen LogP contribution in [0.1, 0.15) is 45.2 Å². The molecule has 0 bridgehead atoms. The molecule has 96 valence electrons. The van der Waals surface area contributed by atoms with Gasteiger partial charge in [0.05, 0.1) is 5.69 Å². The lowest BCUT2D eigenvalue weighted by Crippen LogP contribution is -2.21. The van der Waals surface area contributed by atoms with Crippen LogP contribution in [0.5, 0.6) is 0 Å². The fourth-order valence-electron chi connectivity index (χ4n) is 2.19. The highest BCUT2D eigenvalue weighted by molar-refractivity contribution is 5.63. The summed E-state index contributed by atoms with van der Waals surface area (Å²) >= 11 is 0. The largest absolute Gasteiger partial charge is 0.294 e. The zero-order valence-corrected chi connectivity index (χ0v) is 11.4. The molecule has 1 N–H and O–H groups in total. The molecule has 0 atom stereocenters. The maximum Gasteiger partial charge on any atom is 0.270 e. The third-order valence-electron chi connectivity index (χ3n) is 3.11. The van der Waals surface area contributed by atoms with Crippen molar-refractivity contribution in [2.24, 2.45) is 0 Å². The second kappa shape index (κ2) is 4.84. The minimum Gasteiger partial charge on any atom is -0.294 e. The second-order valence-corrected chi connectivity index (χ2v) is 5.19. The second-order valence-electron chi connectivity index (χ2n) is 5.19. The van der Waals surface area contributed by atoms with E-state index in [1.54, 1.807) is 4.68 Å². The molecule has 0 radical (unpaired) electrons. The number of hydrogen-bond donors (Lipinski definition) is 1. The van der Waals surface area contributed by atoms with Gasteiger partial charge in [-0.3, -0.25) is 9.89 Å². The maximum atomic E-state index is 12.4. The van der Waals surface area contributed by atoms with E-state index >= 15 is 0 Å². The Morgan fingerprint density at radius 3 is 2.17 bits per heavy atom. The summed E-state index contributed by atoms with van der Waals surface area (Å²) in [6.07, 6.45) is 0. The van der Waals surface area contributed by atoms with Crippen LogP contribution in [0, 0.1) is 0 Å². The molecule has 0 fully saturated rings. The number of rotatable bonds is 3. The minimum atomic E-state index is 0.0962. The Kier molecular flexibility index (Phi) is 3.41.